The topological polar surface area (TPSA) is 63.8 Å². The predicted octanol–water partition coefficient (Wildman–Crippen LogP) is 2.28. The van der Waals surface area contributed by atoms with E-state index in [1.165, 1.54) is 25.7 Å². The Hall–Kier alpha value is -1.16. The van der Waals surface area contributed by atoms with E-state index in [1.807, 2.05) is 13.0 Å². The monoisotopic (exact) mass is 248 g/mol. The highest BCUT2D eigenvalue weighted by Crippen LogP contribution is 2.28. The average Bonchev–Trinajstić information content (AvgIpc) is 2.89. The first-order valence-corrected chi connectivity index (χ1v) is 7.04. The van der Waals surface area contributed by atoms with Crippen molar-refractivity contribution in [2.75, 3.05) is 11.9 Å². The zero-order valence-corrected chi connectivity index (χ0v) is 11.4. The second kappa shape index (κ2) is 6.14. The molecule has 1 aliphatic rings. The number of hydrogen-bond donors (Lipinski definition) is 2. The van der Waals surface area contributed by atoms with Gasteiger partial charge in [0.1, 0.15) is 11.6 Å². The van der Waals surface area contributed by atoms with Gasteiger partial charge < -0.3 is 11.1 Å². The summed E-state index contributed by atoms with van der Waals surface area (Å²) >= 11 is 0. The number of hydrogen-bond acceptors (Lipinski definition) is 4. The van der Waals surface area contributed by atoms with Gasteiger partial charge in [-0.05, 0) is 32.1 Å². The maximum atomic E-state index is 5.90. The zero-order chi connectivity index (χ0) is 13.0. The van der Waals surface area contributed by atoms with E-state index in [1.54, 1.807) is 0 Å². The van der Waals surface area contributed by atoms with Crippen LogP contribution in [0.5, 0.6) is 0 Å². The van der Waals surface area contributed by atoms with Crippen LogP contribution >= 0.6 is 0 Å². The van der Waals surface area contributed by atoms with Crippen LogP contribution in [0.2, 0.25) is 0 Å². The lowest BCUT2D eigenvalue weighted by molar-refractivity contribution is 0.461. The number of aryl methyl sites for hydroxylation is 2. The van der Waals surface area contributed by atoms with Gasteiger partial charge >= 0.3 is 0 Å². The van der Waals surface area contributed by atoms with Gasteiger partial charge in [-0.15, -0.1) is 0 Å². The van der Waals surface area contributed by atoms with Crippen LogP contribution in [0.15, 0.2) is 6.07 Å². The first-order chi connectivity index (χ1) is 8.72. The SMILES string of the molecule is CCc1cc(NC(CN)C2CCCC2)nc(C)n1. The van der Waals surface area contributed by atoms with Gasteiger partial charge in [0.2, 0.25) is 0 Å². The lowest BCUT2D eigenvalue weighted by Gasteiger charge is -2.24. The van der Waals surface area contributed by atoms with Crippen molar-refractivity contribution in [1.29, 1.82) is 0 Å². The van der Waals surface area contributed by atoms with Gasteiger partial charge in [0.15, 0.2) is 0 Å². The van der Waals surface area contributed by atoms with Crippen molar-refractivity contribution in [3.8, 4) is 0 Å². The first-order valence-electron chi connectivity index (χ1n) is 7.04. The molecule has 0 aromatic carbocycles. The summed E-state index contributed by atoms with van der Waals surface area (Å²) < 4.78 is 0. The van der Waals surface area contributed by atoms with Crippen molar-refractivity contribution in [3.05, 3.63) is 17.6 Å². The second-order valence-electron chi connectivity index (χ2n) is 5.18. The molecule has 1 aromatic rings. The molecule has 0 spiro atoms. The molecule has 1 aliphatic carbocycles. The molecule has 1 unspecified atom stereocenters. The minimum atomic E-state index is 0.353. The Morgan fingerprint density at radius 2 is 2.11 bits per heavy atom. The summed E-state index contributed by atoms with van der Waals surface area (Å²) in [7, 11) is 0. The van der Waals surface area contributed by atoms with Crippen LogP contribution in [0.3, 0.4) is 0 Å². The fraction of sp³-hybridized carbons (Fsp3) is 0.714. The van der Waals surface area contributed by atoms with Gasteiger partial charge in [0.05, 0.1) is 0 Å². The van der Waals surface area contributed by atoms with Crippen LogP contribution in [-0.2, 0) is 6.42 Å². The van der Waals surface area contributed by atoms with Crippen LogP contribution in [0.1, 0.15) is 44.1 Å². The lowest BCUT2D eigenvalue weighted by atomic mass is 9.98. The van der Waals surface area contributed by atoms with Gasteiger partial charge in [0, 0.05) is 24.3 Å². The molecule has 0 saturated heterocycles. The van der Waals surface area contributed by atoms with E-state index in [2.05, 4.69) is 22.2 Å². The van der Waals surface area contributed by atoms with Gasteiger partial charge in [-0.3, -0.25) is 0 Å². The van der Waals surface area contributed by atoms with E-state index in [9.17, 15) is 0 Å². The predicted molar refractivity (Wildman–Crippen MR) is 74.6 cm³/mol. The van der Waals surface area contributed by atoms with E-state index in [0.29, 0.717) is 18.5 Å². The summed E-state index contributed by atoms with van der Waals surface area (Å²) in [5.74, 6) is 2.47. The van der Waals surface area contributed by atoms with Crippen molar-refractivity contribution in [3.63, 3.8) is 0 Å². The maximum absolute atomic E-state index is 5.90. The summed E-state index contributed by atoms with van der Waals surface area (Å²) in [5.41, 5.74) is 6.99. The molecule has 1 aromatic heterocycles. The Bertz CT molecular complexity index is 385. The molecule has 2 rings (SSSR count). The minimum Gasteiger partial charge on any atom is -0.366 e. The molecule has 1 saturated carbocycles. The second-order valence-corrected chi connectivity index (χ2v) is 5.18. The largest absolute Gasteiger partial charge is 0.366 e. The molecule has 1 fully saturated rings. The van der Waals surface area contributed by atoms with E-state index in [0.717, 1.165) is 23.8 Å². The van der Waals surface area contributed by atoms with E-state index >= 15 is 0 Å². The third-order valence-electron chi connectivity index (χ3n) is 3.81. The van der Waals surface area contributed by atoms with E-state index < -0.39 is 0 Å². The Balaban J connectivity index is 2.08. The first kappa shape index (κ1) is 13.3. The minimum absolute atomic E-state index is 0.353. The Kier molecular flexibility index (Phi) is 4.53. The highest BCUT2D eigenvalue weighted by Gasteiger charge is 2.24. The number of rotatable bonds is 5. The number of anilines is 1. The number of nitrogens with zero attached hydrogens (tertiary/aromatic N) is 2. The van der Waals surface area contributed by atoms with Crippen LogP contribution in [-0.4, -0.2) is 22.6 Å². The quantitative estimate of drug-likeness (QED) is 0.839. The molecular weight excluding hydrogens is 224 g/mol. The molecule has 1 heterocycles. The molecule has 0 radical (unpaired) electrons. The highest BCUT2D eigenvalue weighted by molar-refractivity contribution is 5.37. The lowest BCUT2D eigenvalue weighted by Crippen LogP contribution is -2.35. The van der Waals surface area contributed by atoms with Crippen molar-refractivity contribution in [2.45, 2.75) is 52.0 Å². The molecule has 100 valence electrons. The standard InChI is InChI=1S/C14H24N4/c1-3-12-8-14(17-10(2)16-12)18-13(9-15)11-6-4-5-7-11/h8,11,13H,3-7,9,15H2,1-2H3,(H,16,17,18). The molecule has 0 aliphatic heterocycles. The maximum Gasteiger partial charge on any atom is 0.130 e. The van der Waals surface area contributed by atoms with Crippen molar-refractivity contribution < 1.29 is 0 Å². The summed E-state index contributed by atoms with van der Waals surface area (Å²) in [4.78, 5) is 8.86. The third kappa shape index (κ3) is 3.19. The molecule has 0 bridgehead atoms. The van der Waals surface area contributed by atoms with Gasteiger partial charge in [0.25, 0.3) is 0 Å². The fourth-order valence-electron chi connectivity index (χ4n) is 2.80. The fourth-order valence-corrected chi connectivity index (χ4v) is 2.80. The Morgan fingerprint density at radius 1 is 1.39 bits per heavy atom. The molecule has 18 heavy (non-hydrogen) atoms. The van der Waals surface area contributed by atoms with Crippen molar-refractivity contribution in [2.24, 2.45) is 11.7 Å². The number of nitrogens with two attached hydrogens (primary N) is 1. The van der Waals surface area contributed by atoms with Crippen molar-refractivity contribution >= 4 is 5.82 Å². The molecule has 4 nitrogen and oxygen atoms in total. The summed E-state index contributed by atoms with van der Waals surface area (Å²) in [6.07, 6.45) is 6.20. The number of aromatic nitrogens is 2. The zero-order valence-electron chi connectivity index (χ0n) is 11.4. The number of nitrogens with one attached hydrogen (secondary N) is 1. The summed E-state index contributed by atoms with van der Waals surface area (Å²) in [5, 5.41) is 3.51. The van der Waals surface area contributed by atoms with Gasteiger partial charge in [-0.2, -0.15) is 0 Å². The molecule has 1 atom stereocenters. The van der Waals surface area contributed by atoms with E-state index in [-0.39, 0.29) is 0 Å². The van der Waals surface area contributed by atoms with Crippen LogP contribution in [0.4, 0.5) is 5.82 Å². The summed E-state index contributed by atoms with van der Waals surface area (Å²) in [6.45, 7) is 4.73. The van der Waals surface area contributed by atoms with Crippen LogP contribution < -0.4 is 11.1 Å². The van der Waals surface area contributed by atoms with E-state index in [4.69, 9.17) is 5.73 Å². The Labute approximate surface area is 109 Å². The van der Waals surface area contributed by atoms with Gasteiger partial charge in [-0.1, -0.05) is 19.8 Å². The normalized spacial score (nSPS) is 17.9. The molecule has 0 amide bonds. The highest BCUT2D eigenvalue weighted by atomic mass is 15.1. The smallest absolute Gasteiger partial charge is 0.130 e. The molecule has 4 heteroatoms. The summed E-state index contributed by atoms with van der Waals surface area (Å²) in [6, 6.07) is 2.40. The van der Waals surface area contributed by atoms with Crippen LogP contribution in [0.25, 0.3) is 0 Å². The molecular formula is C14H24N4. The average molecular weight is 248 g/mol. The molecule has 3 N–H and O–H groups in total. The van der Waals surface area contributed by atoms with Gasteiger partial charge in [-0.25, -0.2) is 9.97 Å². The Morgan fingerprint density at radius 3 is 2.72 bits per heavy atom. The van der Waals surface area contributed by atoms with Crippen LogP contribution in [0, 0.1) is 12.8 Å². The van der Waals surface area contributed by atoms with Crippen molar-refractivity contribution in [1.82, 2.24) is 9.97 Å². The third-order valence-corrected chi connectivity index (χ3v) is 3.81.